The lowest BCUT2D eigenvalue weighted by Crippen LogP contribution is -2.52. The third kappa shape index (κ3) is 8.03. The zero-order chi connectivity index (χ0) is 30.9. The van der Waals surface area contributed by atoms with Gasteiger partial charge in [0.05, 0.1) is 24.8 Å². The van der Waals surface area contributed by atoms with Crippen LogP contribution in [0.5, 0.6) is 11.5 Å². The van der Waals surface area contributed by atoms with Gasteiger partial charge in [-0.3, -0.25) is 13.9 Å². The van der Waals surface area contributed by atoms with Crippen molar-refractivity contribution < 1.29 is 27.5 Å². The fraction of sp³-hybridized carbons (Fsp3) is 0.375. The van der Waals surface area contributed by atoms with Crippen molar-refractivity contribution in [2.45, 2.75) is 51.6 Å². The van der Waals surface area contributed by atoms with Crippen LogP contribution in [-0.4, -0.2) is 58.5 Å². The van der Waals surface area contributed by atoms with Crippen LogP contribution in [0.2, 0.25) is 0 Å². The first kappa shape index (κ1) is 32.5. The first-order chi connectivity index (χ1) is 20.0. The average Bonchev–Trinajstić information content (AvgIpc) is 2.99. The number of benzene rings is 3. The smallest absolute Gasteiger partial charge is 0.264 e. The van der Waals surface area contributed by atoms with Gasteiger partial charge in [-0.15, -0.1) is 0 Å². The van der Waals surface area contributed by atoms with Crippen molar-refractivity contribution in [1.29, 1.82) is 0 Å². The second-order valence-electron chi connectivity index (χ2n) is 10.4. The molecular weight excluding hydrogens is 554 g/mol. The summed E-state index contributed by atoms with van der Waals surface area (Å²) in [5, 5.41) is 2.93. The molecule has 3 aromatic rings. The maximum absolute atomic E-state index is 14.2. The average molecular weight is 596 g/mol. The van der Waals surface area contributed by atoms with E-state index in [1.165, 1.54) is 24.1 Å². The molecular formula is C32H41N3O6S. The normalized spacial score (nSPS) is 12.0. The number of amides is 2. The molecule has 3 aromatic carbocycles. The number of nitrogens with one attached hydrogen (secondary N) is 1. The maximum atomic E-state index is 14.2. The van der Waals surface area contributed by atoms with Gasteiger partial charge in [-0.25, -0.2) is 8.42 Å². The van der Waals surface area contributed by atoms with Crippen molar-refractivity contribution in [3.63, 3.8) is 0 Å². The minimum atomic E-state index is -4.20. The van der Waals surface area contributed by atoms with E-state index in [9.17, 15) is 18.0 Å². The Morgan fingerprint density at radius 2 is 1.60 bits per heavy atom. The number of ether oxygens (including phenoxy) is 2. The number of carbonyl (C=O) groups is 2. The molecule has 0 fully saturated rings. The number of sulfonamides is 1. The van der Waals surface area contributed by atoms with E-state index in [1.54, 1.807) is 55.6 Å². The van der Waals surface area contributed by atoms with Crippen molar-refractivity contribution >= 4 is 27.5 Å². The number of nitrogens with zero attached hydrogens (tertiary/aromatic N) is 2. The molecule has 0 heterocycles. The van der Waals surface area contributed by atoms with Crippen LogP contribution in [0, 0.1) is 12.8 Å². The number of hydrogen-bond donors (Lipinski definition) is 1. The summed E-state index contributed by atoms with van der Waals surface area (Å²) in [6.07, 6.45) is 0.338. The number of rotatable bonds is 14. The number of anilines is 1. The Bertz CT molecular complexity index is 1440. The molecule has 226 valence electrons. The van der Waals surface area contributed by atoms with Gasteiger partial charge in [-0.2, -0.15) is 0 Å². The van der Waals surface area contributed by atoms with Crippen molar-refractivity contribution in [1.82, 2.24) is 10.2 Å². The molecule has 0 unspecified atom stereocenters. The van der Waals surface area contributed by atoms with E-state index in [0.29, 0.717) is 24.5 Å². The quantitative estimate of drug-likeness (QED) is 0.288. The van der Waals surface area contributed by atoms with Crippen LogP contribution in [-0.2, 0) is 26.2 Å². The lowest BCUT2D eigenvalue weighted by molar-refractivity contribution is -0.140. The molecule has 0 aliphatic carbocycles. The molecule has 9 nitrogen and oxygen atoms in total. The van der Waals surface area contributed by atoms with Crippen molar-refractivity contribution in [2.24, 2.45) is 5.92 Å². The molecule has 0 bridgehead atoms. The summed E-state index contributed by atoms with van der Waals surface area (Å²) in [5.41, 5.74) is 1.79. The van der Waals surface area contributed by atoms with Gasteiger partial charge in [0.25, 0.3) is 10.0 Å². The van der Waals surface area contributed by atoms with Crippen LogP contribution < -0.4 is 19.1 Å². The largest absolute Gasteiger partial charge is 0.497 e. The van der Waals surface area contributed by atoms with Gasteiger partial charge in [0.1, 0.15) is 24.1 Å². The second-order valence-corrected chi connectivity index (χ2v) is 12.3. The maximum Gasteiger partial charge on any atom is 0.264 e. The summed E-state index contributed by atoms with van der Waals surface area (Å²) in [5.74, 6) is 0.359. The molecule has 10 heteroatoms. The highest BCUT2D eigenvalue weighted by Crippen LogP contribution is 2.34. The van der Waals surface area contributed by atoms with Crippen LogP contribution in [0.25, 0.3) is 0 Å². The summed E-state index contributed by atoms with van der Waals surface area (Å²) in [6.45, 7) is 7.65. The molecule has 3 rings (SSSR count). The predicted octanol–water partition coefficient (Wildman–Crippen LogP) is 4.79. The van der Waals surface area contributed by atoms with Gasteiger partial charge >= 0.3 is 0 Å². The fourth-order valence-corrected chi connectivity index (χ4v) is 5.94. The summed E-state index contributed by atoms with van der Waals surface area (Å²) in [7, 11) is -1.18. The molecule has 0 aromatic heterocycles. The topological polar surface area (TPSA) is 105 Å². The molecule has 0 spiro atoms. The molecule has 0 saturated carbocycles. The van der Waals surface area contributed by atoms with Gasteiger partial charge in [-0.05, 0) is 66.8 Å². The minimum absolute atomic E-state index is 0.0322. The highest BCUT2D eigenvalue weighted by atomic mass is 32.2. The molecule has 1 N–H and O–H groups in total. The zero-order valence-corrected chi connectivity index (χ0v) is 26.0. The Labute approximate surface area is 249 Å². The standard InChI is InChI=1S/C32H41N3O6S/c1-7-28(32(37)33-20-23(2)3)34(21-25-14-16-26(40-5)17-15-25)31(36)22-35(29-19-24(4)13-18-30(29)41-6)42(38,39)27-11-9-8-10-12-27/h8-19,23,28H,7,20-22H2,1-6H3,(H,33,37)/t28-/m0/s1. The van der Waals surface area contributed by atoms with Crippen LogP contribution >= 0.6 is 0 Å². The number of methoxy groups -OCH3 is 2. The predicted molar refractivity (Wildman–Crippen MR) is 164 cm³/mol. The first-order valence-corrected chi connectivity index (χ1v) is 15.4. The third-order valence-electron chi connectivity index (χ3n) is 6.80. The Kier molecular flexibility index (Phi) is 11.4. The van der Waals surface area contributed by atoms with Crippen molar-refractivity contribution in [2.75, 3.05) is 31.6 Å². The van der Waals surface area contributed by atoms with Crippen LogP contribution in [0.15, 0.2) is 77.7 Å². The van der Waals surface area contributed by atoms with Crippen LogP contribution in [0.4, 0.5) is 5.69 Å². The molecule has 42 heavy (non-hydrogen) atoms. The zero-order valence-electron chi connectivity index (χ0n) is 25.2. The third-order valence-corrected chi connectivity index (χ3v) is 8.57. The first-order valence-electron chi connectivity index (χ1n) is 13.9. The Balaban J connectivity index is 2.10. The summed E-state index contributed by atoms with van der Waals surface area (Å²) in [4.78, 5) is 29.1. The van der Waals surface area contributed by atoms with Gasteiger partial charge < -0.3 is 19.7 Å². The molecule has 0 radical (unpaired) electrons. The van der Waals surface area contributed by atoms with Crippen LogP contribution in [0.3, 0.4) is 0 Å². The highest BCUT2D eigenvalue weighted by Gasteiger charge is 2.34. The number of aryl methyl sites for hydroxylation is 1. The van der Waals surface area contributed by atoms with Gasteiger partial charge in [0, 0.05) is 13.1 Å². The highest BCUT2D eigenvalue weighted by molar-refractivity contribution is 7.92. The number of hydrogen-bond acceptors (Lipinski definition) is 6. The fourth-order valence-electron chi connectivity index (χ4n) is 4.50. The molecule has 1 atom stereocenters. The van der Waals surface area contributed by atoms with Gasteiger partial charge in [0.2, 0.25) is 11.8 Å². The van der Waals surface area contributed by atoms with Crippen molar-refractivity contribution in [3.05, 3.63) is 83.9 Å². The minimum Gasteiger partial charge on any atom is -0.497 e. The molecule has 0 aliphatic heterocycles. The monoisotopic (exact) mass is 595 g/mol. The van der Waals surface area contributed by atoms with Crippen LogP contribution in [0.1, 0.15) is 38.3 Å². The lowest BCUT2D eigenvalue weighted by Gasteiger charge is -2.33. The summed E-state index contributed by atoms with van der Waals surface area (Å²) in [6, 6.07) is 19.5. The van der Waals surface area contributed by atoms with E-state index in [4.69, 9.17) is 9.47 Å². The van der Waals surface area contributed by atoms with E-state index < -0.39 is 28.5 Å². The van der Waals surface area contributed by atoms with E-state index >= 15 is 0 Å². The van der Waals surface area contributed by atoms with Gasteiger partial charge in [-0.1, -0.05) is 57.2 Å². The number of carbonyl (C=O) groups excluding carboxylic acids is 2. The van der Waals surface area contributed by atoms with E-state index in [2.05, 4.69) is 5.32 Å². The molecule has 0 aliphatic rings. The molecule has 0 saturated heterocycles. The second kappa shape index (κ2) is 14.7. The van der Waals surface area contributed by atoms with Crippen molar-refractivity contribution in [3.8, 4) is 11.5 Å². The summed E-state index contributed by atoms with van der Waals surface area (Å²) >= 11 is 0. The Hall–Kier alpha value is -4.05. The molecule has 2 amide bonds. The Morgan fingerprint density at radius 1 is 0.929 bits per heavy atom. The Morgan fingerprint density at radius 3 is 2.17 bits per heavy atom. The van der Waals surface area contributed by atoms with E-state index in [1.807, 2.05) is 39.8 Å². The van der Waals surface area contributed by atoms with E-state index in [-0.39, 0.29) is 29.0 Å². The van der Waals surface area contributed by atoms with E-state index in [0.717, 1.165) is 15.4 Å². The lowest BCUT2D eigenvalue weighted by atomic mass is 10.1. The summed E-state index contributed by atoms with van der Waals surface area (Å²) < 4.78 is 40.0. The SMILES string of the molecule is CC[C@@H](C(=O)NCC(C)C)N(Cc1ccc(OC)cc1)C(=O)CN(c1cc(C)ccc1OC)S(=O)(=O)c1ccccc1. The van der Waals surface area contributed by atoms with Gasteiger partial charge in [0.15, 0.2) is 0 Å².